The second kappa shape index (κ2) is 4.80. The van der Waals surface area contributed by atoms with Gasteiger partial charge in [-0.15, -0.1) is 0 Å². The van der Waals surface area contributed by atoms with E-state index in [0.29, 0.717) is 6.54 Å². The SMILES string of the molecule is C[C@@H]1CN(c2ccc(CN)cn2)C[C@@H](C)O1. The molecular formula is C12H19N3O. The molecule has 4 nitrogen and oxygen atoms in total. The van der Waals surface area contributed by atoms with E-state index < -0.39 is 0 Å². The van der Waals surface area contributed by atoms with Gasteiger partial charge in [0.1, 0.15) is 5.82 Å². The van der Waals surface area contributed by atoms with Crippen molar-refractivity contribution in [2.24, 2.45) is 5.73 Å². The van der Waals surface area contributed by atoms with Gasteiger partial charge in [-0.25, -0.2) is 4.98 Å². The Morgan fingerprint density at radius 3 is 2.56 bits per heavy atom. The van der Waals surface area contributed by atoms with Gasteiger partial charge in [-0.05, 0) is 25.5 Å². The standard InChI is InChI=1S/C12H19N3O/c1-9-7-15(8-10(2)16-9)12-4-3-11(5-13)6-14-12/h3-4,6,9-10H,5,7-8,13H2,1-2H3/t9-,10-/m1/s1. The molecule has 0 amide bonds. The number of aromatic nitrogens is 1. The molecule has 0 aromatic carbocycles. The molecule has 4 heteroatoms. The molecular weight excluding hydrogens is 202 g/mol. The molecule has 0 aliphatic carbocycles. The van der Waals surface area contributed by atoms with Gasteiger partial charge in [-0.2, -0.15) is 0 Å². The molecule has 0 spiro atoms. The van der Waals surface area contributed by atoms with E-state index in [2.05, 4.69) is 23.7 Å². The zero-order valence-electron chi connectivity index (χ0n) is 9.89. The largest absolute Gasteiger partial charge is 0.372 e. The van der Waals surface area contributed by atoms with Gasteiger partial charge in [0.2, 0.25) is 0 Å². The molecule has 2 atom stereocenters. The summed E-state index contributed by atoms with van der Waals surface area (Å²) < 4.78 is 5.69. The fourth-order valence-corrected chi connectivity index (χ4v) is 2.09. The third kappa shape index (κ3) is 2.51. The van der Waals surface area contributed by atoms with Gasteiger partial charge in [0.15, 0.2) is 0 Å². The van der Waals surface area contributed by atoms with Crippen LogP contribution < -0.4 is 10.6 Å². The third-order valence-electron chi connectivity index (χ3n) is 2.79. The van der Waals surface area contributed by atoms with Crippen LogP contribution in [0, 0.1) is 0 Å². The van der Waals surface area contributed by atoms with Crippen LogP contribution in [-0.4, -0.2) is 30.3 Å². The zero-order valence-corrected chi connectivity index (χ0v) is 9.89. The minimum atomic E-state index is 0.264. The molecule has 1 aliphatic heterocycles. The van der Waals surface area contributed by atoms with Crippen LogP contribution in [0.4, 0.5) is 5.82 Å². The van der Waals surface area contributed by atoms with Gasteiger partial charge in [-0.1, -0.05) is 6.07 Å². The van der Waals surface area contributed by atoms with E-state index in [4.69, 9.17) is 10.5 Å². The molecule has 0 radical (unpaired) electrons. The minimum Gasteiger partial charge on any atom is -0.372 e. The maximum atomic E-state index is 5.69. The molecule has 1 aliphatic rings. The highest BCUT2D eigenvalue weighted by Gasteiger charge is 2.22. The van der Waals surface area contributed by atoms with Crippen molar-refractivity contribution >= 4 is 5.82 Å². The lowest BCUT2D eigenvalue weighted by Crippen LogP contribution is -2.45. The molecule has 1 fully saturated rings. The molecule has 1 aromatic rings. The average Bonchev–Trinajstić information content (AvgIpc) is 2.28. The van der Waals surface area contributed by atoms with Crippen LogP contribution in [0.1, 0.15) is 19.4 Å². The summed E-state index contributed by atoms with van der Waals surface area (Å²) in [6.07, 6.45) is 2.37. The number of anilines is 1. The van der Waals surface area contributed by atoms with Crippen LogP contribution in [0.25, 0.3) is 0 Å². The topological polar surface area (TPSA) is 51.4 Å². The third-order valence-corrected chi connectivity index (χ3v) is 2.79. The lowest BCUT2D eigenvalue weighted by atomic mass is 10.2. The maximum absolute atomic E-state index is 5.69. The van der Waals surface area contributed by atoms with E-state index in [9.17, 15) is 0 Å². The van der Waals surface area contributed by atoms with Gasteiger partial charge in [0, 0.05) is 25.8 Å². The number of pyridine rings is 1. The first-order valence-corrected chi connectivity index (χ1v) is 5.74. The van der Waals surface area contributed by atoms with Gasteiger partial charge >= 0.3 is 0 Å². The molecule has 2 N–H and O–H groups in total. The van der Waals surface area contributed by atoms with E-state index in [1.165, 1.54) is 0 Å². The summed E-state index contributed by atoms with van der Waals surface area (Å²) in [7, 11) is 0. The van der Waals surface area contributed by atoms with E-state index in [0.717, 1.165) is 24.5 Å². The van der Waals surface area contributed by atoms with Crippen LogP contribution in [0.5, 0.6) is 0 Å². The predicted molar refractivity (Wildman–Crippen MR) is 64.4 cm³/mol. The van der Waals surface area contributed by atoms with Crippen molar-refractivity contribution in [2.45, 2.75) is 32.6 Å². The van der Waals surface area contributed by atoms with E-state index in [-0.39, 0.29) is 12.2 Å². The second-order valence-electron chi connectivity index (χ2n) is 4.39. The van der Waals surface area contributed by atoms with Crippen LogP contribution in [0.2, 0.25) is 0 Å². The Morgan fingerprint density at radius 2 is 2.06 bits per heavy atom. The Labute approximate surface area is 96.4 Å². The van der Waals surface area contributed by atoms with E-state index in [1.54, 1.807) is 0 Å². The van der Waals surface area contributed by atoms with Crippen molar-refractivity contribution in [3.05, 3.63) is 23.9 Å². The van der Waals surface area contributed by atoms with Crippen LogP contribution in [0.15, 0.2) is 18.3 Å². The first kappa shape index (κ1) is 11.4. The van der Waals surface area contributed by atoms with Crippen molar-refractivity contribution in [3.8, 4) is 0 Å². The Balaban J connectivity index is 2.10. The lowest BCUT2D eigenvalue weighted by molar-refractivity contribution is -0.00545. The highest BCUT2D eigenvalue weighted by Crippen LogP contribution is 2.18. The van der Waals surface area contributed by atoms with Gasteiger partial charge in [-0.3, -0.25) is 0 Å². The zero-order chi connectivity index (χ0) is 11.5. The lowest BCUT2D eigenvalue weighted by Gasteiger charge is -2.36. The van der Waals surface area contributed by atoms with Crippen molar-refractivity contribution in [2.75, 3.05) is 18.0 Å². The van der Waals surface area contributed by atoms with Crippen molar-refractivity contribution in [3.63, 3.8) is 0 Å². The van der Waals surface area contributed by atoms with Gasteiger partial charge < -0.3 is 15.4 Å². The molecule has 2 rings (SSSR count). The Morgan fingerprint density at radius 1 is 1.38 bits per heavy atom. The first-order chi connectivity index (χ1) is 7.69. The number of hydrogen-bond acceptors (Lipinski definition) is 4. The summed E-state index contributed by atoms with van der Waals surface area (Å²) in [5.41, 5.74) is 6.62. The van der Waals surface area contributed by atoms with Crippen molar-refractivity contribution in [1.29, 1.82) is 0 Å². The van der Waals surface area contributed by atoms with Crippen LogP contribution >= 0.6 is 0 Å². The molecule has 0 bridgehead atoms. The first-order valence-electron chi connectivity index (χ1n) is 5.74. The number of nitrogens with zero attached hydrogens (tertiary/aromatic N) is 2. The summed E-state index contributed by atoms with van der Waals surface area (Å²) in [4.78, 5) is 6.70. The fraction of sp³-hybridized carbons (Fsp3) is 0.583. The number of hydrogen-bond donors (Lipinski definition) is 1. The second-order valence-corrected chi connectivity index (χ2v) is 4.39. The number of nitrogens with two attached hydrogens (primary N) is 1. The summed E-state index contributed by atoms with van der Waals surface area (Å²) in [5.74, 6) is 1.01. The van der Waals surface area contributed by atoms with E-state index >= 15 is 0 Å². The van der Waals surface area contributed by atoms with Crippen LogP contribution in [0.3, 0.4) is 0 Å². The predicted octanol–water partition coefficient (Wildman–Crippen LogP) is 1.15. The monoisotopic (exact) mass is 221 g/mol. The number of ether oxygens (including phenoxy) is 1. The highest BCUT2D eigenvalue weighted by atomic mass is 16.5. The van der Waals surface area contributed by atoms with Gasteiger partial charge in [0.25, 0.3) is 0 Å². The van der Waals surface area contributed by atoms with Crippen LogP contribution in [-0.2, 0) is 11.3 Å². The quantitative estimate of drug-likeness (QED) is 0.814. The van der Waals surface area contributed by atoms with Crippen molar-refractivity contribution < 1.29 is 4.74 Å². The van der Waals surface area contributed by atoms with Crippen molar-refractivity contribution in [1.82, 2.24) is 4.98 Å². The average molecular weight is 221 g/mol. The van der Waals surface area contributed by atoms with Gasteiger partial charge in [0.05, 0.1) is 12.2 Å². The fourth-order valence-electron chi connectivity index (χ4n) is 2.09. The number of morpholine rings is 1. The normalized spacial score (nSPS) is 25.8. The Bertz CT molecular complexity index is 329. The Kier molecular flexibility index (Phi) is 3.41. The Hall–Kier alpha value is -1.13. The molecule has 0 unspecified atom stereocenters. The summed E-state index contributed by atoms with van der Waals surface area (Å²) in [6.45, 7) is 6.54. The molecule has 88 valence electrons. The molecule has 1 aromatic heterocycles. The summed E-state index contributed by atoms with van der Waals surface area (Å²) in [5, 5.41) is 0. The summed E-state index contributed by atoms with van der Waals surface area (Å²) in [6, 6.07) is 4.07. The molecule has 16 heavy (non-hydrogen) atoms. The van der Waals surface area contributed by atoms with E-state index in [1.807, 2.05) is 18.3 Å². The maximum Gasteiger partial charge on any atom is 0.128 e. The number of rotatable bonds is 2. The molecule has 2 heterocycles. The minimum absolute atomic E-state index is 0.264. The highest BCUT2D eigenvalue weighted by molar-refractivity contribution is 5.40. The summed E-state index contributed by atoms with van der Waals surface area (Å²) >= 11 is 0. The molecule has 0 saturated carbocycles. The smallest absolute Gasteiger partial charge is 0.128 e. The molecule has 1 saturated heterocycles.